The van der Waals surface area contributed by atoms with Crippen LogP contribution in [0.25, 0.3) is 33.2 Å². The molecule has 0 amide bonds. The van der Waals surface area contributed by atoms with Crippen LogP contribution in [0.4, 0.5) is 13.2 Å². The lowest BCUT2D eigenvalue weighted by Crippen LogP contribution is -2.12. The van der Waals surface area contributed by atoms with E-state index in [1.165, 1.54) is 6.07 Å². The number of furan rings is 1. The Morgan fingerprint density at radius 2 is 1.72 bits per heavy atom. The molecule has 0 fully saturated rings. The molecule has 0 atom stereocenters. The first-order valence-electron chi connectivity index (χ1n) is 8.47. The molecule has 0 aliphatic rings. The van der Waals surface area contributed by atoms with Crippen LogP contribution in [0.5, 0.6) is 0 Å². The minimum Gasteiger partial charge on any atom is -0.478 e. The van der Waals surface area contributed by atoms with E-state index in [0.717, 1.165) is 23.1 Å². The molecule has 1 heterocycles. The average Bonchev–Trinajstić information content (AvgIpc) is 3.14. The molecule has 0 aliphatic carbocycles. The maximum absolute atomic E-state index is 13.2. The van der Waals surface area contributed by atoms with Gasteiger partial charge in [0.25, 0.3) is 0 Å². The van der Waals surface area contributed by atoms with E-state index in [2.05, 4.69) is 0 Å². The fraction of sp³-hybridized carbons (Fsp3) is 0.0455. The van der Waals surface area contributed by atoms with Gasteiger partial charge in [0.2, 0.25) is 0 Å². The monoisotopic (exact) mass is 416 g/mol. The van der Waals surface area contributed by atoms with Crippen LogP contribution in [-0.2, 0) is 6.18 Å². The Balaban J connectivity index is 1.94. The van der Waals surface area contributed by atoms with Gasteiger partial charge in [0.1, 0.15) is 5.58 Å². The molecule has 7 heteroatoms. The van der Waals surface area contributed by atoms with Crippen LogP contribution in [-0.4, -0.2) is 11.1 Å². The predicted molar refractivity (Wildman–Crippen MR) is 104 cm³/mol. The lowest BCUT2D eigenvalue weighted by atomic mass is 9.92. The highest BCUT2D eigenvalue weighted by Crippen LogP contribution is 2.41. The first-order chi connectivity index (χ1) is 13.8. The van der Waals surface area contributed by atoms with Crippen LogP contribution >= 0.6 is 11.6 Å². The molecular weight excluding hydrogens is 405 g/mol. The van der Waals surface area contributed by atoms with Gasteiger partial charge in [0.15, 0.2) is 0 Å². The highest BCUT2D eigenvalue weighted by molar-refractivity contribution is 6.34. The van der Waals surface area contributed by atoms with Crippen LogP contribution in [0.1, 0.15) is 15.9 Å². The molecule has 4 aromatic rings. The minimum atomic E-state index is -4.77. The number of carboxylic acids is 1. The van der Waals surface area contributed by atoms with Crippen molar-refractivity contribution in [3.8, 4) is 22.3 Å². The van der Waals surface area contributed by atoms with Gasteiger partial charge in [0, 0.05) is 16.0 Å². The van der Waals surface area contributed by atoms with Gasteiger partial charge in [-0.15, -0.1) is 0 Å². The number of carboxylic acid groups (broad SMARTS) is 1. The van der Waals surface area contributed by atoms with Crippen LogP contribution < -0.4 is 0 Å². The van der Waals surface area contributed by atoms with E-state index < -0.39 is 23.3 Å². The van der Waals surface area contributed by atoms with Gasteiger partial charge in [0.05, 0.1) is 17.4 Å². The molecule has 1 aromatic heterocycles. The number of benzene rings is 3. The summed E-state index contributed by atoms with van der Waals surface area (Å²) in [6, 6.07) is 15.3. The Morgan fingerprint density at radius 3 is 2.45 bits per heavy atom. The zero-order chi connectivity index (χ0) is 20.8. The van der Waals surface area contributed by atoms with Gasteiger partial charge in [-0.25, -0.2) is 4.79 Å². The Labute approximate surface area is 168 Å². The summed E-state index contributed by atoms with van der Waals surface area (Å²) in [6.07, 6.45) is -3.22. The second-order valence-corrected chi connectivity index (χ2v) is 6.81. The number of alkyl halides is 3. The first-order valence-corrected chi connectivity index (χ1v) is 8.84. The van der Waals surface area contributed by atoms with E-state index in [0.29, 0.717) is 27.3 Å². The van der Waals surface area contributed by atoms with E-state index in [1.54, 1.807) is 42.7 Å². The Hall–Kier alpha value is -3.25. The zero-order valence-electron chi connectivity index (χ0n) is 14.6. The van der Waals surface area contributed by atoms with Gasteiger partial charge in [-0.1, -0.05) is 35.9 Å². The maximum atomic E-state index is 13.2. The van der Waals surface area contributed by atoms with E-state index in [1.807, 2.05) is 6.07 Å². The van der Waals surface area contributed by atoms with Crippen molar-refractivity contribution >= 4 is 28.5 Å². The number of fused-ring (bicyclic) bond motifs is 1. The summed E-state index contributed by atoms with van der Waals surface area (Å²) in [7, 11) is 0. The molecule has 0 saturated carbocycles. The first kappa shape index (κ1) is 19.1. The quantitative estimate of drug-likeness (QED) is 0.386. The van der Waals surface area contributed by atoms with Gasteiger partial charge >= 0.3 is 12.1 Å². The van der Waals surface area contributed by atoms with Crippen molar-refractivity contribution in [3.63, 3.8) is 0 Å². The fourth-order valence-corrected chi connectivity index (χ4v) is 3.60. The maximum Gasteiger partial charge on any atom is 0.417 e. The van der Waals surface area contributed by atoms with Crippen molar-refractivity contribution in [3.05, 3.63) is 83.1 Å². The average molecular weight is 417 g/mol. The number of hydrogen-bond donors (Lipinski definition) is 1. The molecule has 1 N–H and O–H groups in total. The molecular formula is C22H12ClF3O3. The summed E-state index contributed by atoms with van der Waals surface area (Å²) >= 11 is 6.43. The fourth-order valence-electron chi connectivity index (χ4n) is 3.32. The molecule has 4 rings (SSSR count). The van der Waals surface area contributed by atoms with Gasteiger partial charge in [-0.3, -0.25) is 0 Å². The molecule has 0 aliphatic heterocycles. The number of carbonyl (C=O) groups is 1. The highest BCUT2D eigenvalue weighted by atomic mass is 35.5. The Kier molecular flexibility index (Phi) is 4.59. The molecule has 0 spiro atoms. The Bertz CT molecular complexity index is 1240. The lowest BCUT2D eigenvalue weighted by Gasteiger charge is -2.15. The molecule has 0 unspecified atom stereocenters. The molecule has 0 saturated heterocycles. The van der Waals surface area contributed by atoms with Gasteiger partial charge in [-0.2, -0.15) is 13.2 Å². The molecule has 0 bridgehead atoms. The van der Waals surface area contributed by atoms with Crippen LogP contribution in [0.3, 0.4) is 0 Å². The van der Waals surface area contributed by atoms with Crippen LogP contribution in [0.2, 0.25) is 5.02 Å². The van der Waals surface area contributed by atoms with E-state index in [4.69, 9.17) is 16.0 Å². The smallest absolute Gasteiger partial charge is 0.417 e. The summed E-state index contributed by atoms with van der Waals surface area (Å²) in [5, 5.41) is 10.5. The summed E-state index contributed by atoms with van der Waals surface area (Å²) in [5.74, 6) is -1.65. The van der Waals surface area contributed by atoms with Crippen molar-refractivity contribution in [2.75, 3.05) is 0 Å². The van der Waals surface area contributed by atoms with Crippen molar-refractivity contribution in [1.29, 1.82) is 0 Å². The highest BCUT2D eigenvalue weighted by Gasteiger charge is 2.35. The third-order valence-electron chi connectivity index (χ3n) is 4.62. The van der Waals surface area contributed by atoms with Crippen molar-refractivity contribution < 1.29 is 27.5 Å². The summed E-state index contributed by atoms with van der Waals surface area (Å²) in [5.41, 5.74) is 0.842. The summed E-state index contributed by atoms with van der Waals surface area (Å²) < 4.78 is 44.9. The normalized spacial score (nSPS) is 11.7. The standard InChI is InChI=1S/C22H12ClF3O3/c23-18-3-1-2-15(20(18)14-5-7-19-13(10-14)8-9-29-19)12-4-6-17(22(24,25)26)16(11-12)21(27)28/h1-11H,(H,27,28). The van der Waals surface area contributed by atoms with Crippen LogP contribution in [0.15, 0.2) is 71.3 Å². The topological polar surface area (TPSA) is 50.4 Å². The van der Waals surface area contributed by atoms with Gasteiger partial charge < -0.3 is 9.52 Å². The molecule has 29 heavy (non-hydrogen) atoms. The van der Waals surface area contributed by atoms with E-state index in [-0.39, 0.29) is 0 Å². The summed E-state index contributed by atoms with van der Waals surface area (Å²) in [4.78, 5) is 11.5. The second kappa shape index (κ2) is 6.97. The largest absolute Gasteiger partial charge is 0.478 e. The van der Waals surface area contributed by atoms with Crippen molar-refractivity contribution in [2.45, 2.75) is 6.18 Å². The third-order valence-corrected chi connectivity index (χ3v) is 4.94. The molecule has 3 nitrogen and oxygen atoms in total. The zero-order valence-corrected chi connectivity index (χ0v) is 15.4. The van der Waals surface area contributed by atoms with Gasteiger partial charge in [-0.05, 0) is 53.1 Å². The number of rotatable bonds is 3. The summed E-state index contributed by atoms with van der Waals surface area (Å²) in [6.45, 7) is 0. The number of hydrogen-bond acceptors (Lipinski definition) is 2. The van der Waals surface area contributed by atoms with E-state index in [9.17, 15) is 23.1 Å². The third kappa shape index (κ3) is 3.47. The predicted octanol–water partition coefficient (Wildman–Crippen LogP) is 7.14. The number of halogens is 4. The molecule has 0 radical (unpaired) electrons. The Morgan fingerprint density at radius 1 is 0.966 bits per heavy atom. The van der Waals surface area contributed by atoms with E-state index >= 15 is 0 Å². The molecule has 146 valence electrons. The minimum absolute atomic E-state index is 0.320. The lowest BCUT2D eigenvalue weighted by molar-refractivity contribution is -0.138. The SMILES string of the molecule is O=C(O)c1cc(-c2cccc(Cl)c2-c2ccc3occc3c2)ccc1C(F)(F)F. The van der Waals surface area contributed by atoms with Crippen molar-refractivity contribution in [2.24, 2.45) is 0 Å². The van der Waals surface area contributed by atoms with Crippen LogP contribution in [0, 0.1) is 0 Å². The van der Waals surface area contributed by atoms with Crippen molar-refractivity contribution in [1.82, 2.24) is 0 Å². The molecule has 3 aromatic carbocycles. The second-order valence-electron chi connectivity index (χ2n) is 6.40. The number of aromatic carboxylic acids is 1.